The summed E-state index contributed by atoms with van der Waals surface area (Å²) in [5.74, 6) is -3.03. The lowest BCUT2D eigenvalue weighted by atomic mass is 10.1. The largest absolute Gasteiger partial charge is 0.586 e. The quantitative estimate of drug-likeness (QED) is 0.575. The topological polar surface area (TPSA) is 47.6 Å². The number of halogens is 4. The van der Waals surface area contributed by atoms with E-state index in [-0.39, 0.29) is 11.5 Å². The SMILES string of the molecule is Cc1cc2c(cc1-c1ccc(NC(=O)c3c(F)cccc3F)s1)OC(F)(F)O2. The third kappa shape index (κ3) is 3.29. The molecule has 1 amide bonds. The molecule has 2 aromatic carbocycles. The first-order chi connectivity index (χ1) is 13.2. The summed E-state index contributed by atoms with van der Waals surface area (Å²) in [7, 11) is 0. The summed E-state index contributed by atoms with van der Waals surface area (Å²) in [5, 5.41) is 2.78. The Morgan fingerprint density at radius 2 is 1.68 bits per heavy atom. The molecule has 2 heterocycles. The molecule has 4 nitrogen and oxygen atoms in total. The molecule has 0 fully saturated rings. The van der Waals surface area contributed by atoms with Gasteiger partial charge in [-0.05, 0) is 54.4 Å². The van der Waals surface area contributed by atoms with Crippen LogP contribution in [0.15, 0.2) is 42.5 Å². The van der Waals surface area contributed by atoms with Gasteiger partial charge in [-0.25, -0.2) is 8.78 Å². The Labute approximate surface area is 160 Å². The zero-order valence-electron chi connectivity index (χ0n) is 14.2. The van der Waals surface area contributed by atoms with Crippen LogP contribution in [0.4, 0.5) is 22.6 Å². The number of nitrogens with one attached hydrogen (secondary N) is 1. The molecule has 1 aliphatic heterocycles. The fourth-order valence-electron chi connectivity index (χ4n) is 2.80. The van der Waals surface area contributed by atoms with Gasteiger partial charge in [0.25, 0.3) is 5.91 Å². The number of amides is 1. The minimum absolute atomic E-state index is 0.0636. The van der Waals surface area contributed by atoms with Gasteiger partial charge < -0.3 is 14.8 Å². The Morgan fingerprint density at radius 1 is 1.04 bits per heavy atom. The van der Waals surface area contributed by atoms with Crippen molar-refractivity contribution in [2.24, 2.45) is 0 Å². The van der Waals surface area contributed by atoms with Crippen molar-refractivity contribution in [3.05, 3.63) is 65.2 Å². The van der Waals surface area contributed by atoms with Crippen molar-refractivity contribution >= 4 is 22.2 Å². The molecule has 0 unspecified atom stereocenters. The number of aryl methyl sites for hydroxylation is 1. The summed E-state index contributed by atoms with van der Waals surface area (Å²) in [6.07, 6.45) is -3.72. The van der Waals surface area contributed by atoms with Gasteiger partial charge in [0.2, 0.25) is 0 Å². The van der Waals surface area contributed by atoms with Crippen molar-refractivity contribution in [3.63, 3.8) is 0 Å². The van der Waals surface area contributed by atoms with Gasteiger partial charge in [0.05, 0.1) is 5.00 Å². The molecule has 28 heavy (non-hydrogen) atoms. The molecule has 1 N–H and O–H groups in total. The third-order valence-corrected chi connectivity index (χ3v) is 5.08. The minimum Gasteiger partial charge on any atom is -0.395 e. The zero-order chi connectivity index (χ0) is 20.1. The standard InChI is InChI=1S/C19H11F4NO3S/c1-9-7-13-14(27-19(22,23)26-13)8-10(9)15-5-6-16(28-15)24-18(25)17-11(20)3-2-4-12(17)21/h2-8H,1H3,(H,24,25). The highest BCUT2D eigenvalue weighted by atomic mass is 32.1. The van der Waals surface area contributed by atoms with E-state index in [4.69, 9.17) is 0 Å². The molecule has 0 bridgehead atoms. The summed E-state index contributed by atoms with van der Waals surface area (Å²) in [6.45, 7) is 1.71. The lowest BCUT2D eigenvalue weighted by Gasteiger charge is -2.06. The monoisotopic (exact) mass is 409 g/mol. The van der Waals surface area contributed by atoms with Crippen molar-refractivity contribution in [1.29, 1.82) is 0 Å². The first kappa shape index (κ1) is 18.3. The summed E-state index contributed by atoms with van der Waals surface area (Å²) in [5.41, 5.74) is 0.571. The van der Waals surface area contributed by atoms with Crippen molar-refractivity contribution in [2.45, 2.75) is 13.2 Å². The summed E-state index contributed by atoms with van der Waals surface area (Å²) >= 11 is 1.12. The van der Waals surface area contributed by atoms with Crippen LogP contribution in [-0.4, -0.2) is 12.2 Å². The molecule has 0 saturated heterocycles. The Balaban J connectivity index is 1.60. The Hall–Kier alpha value is -3.07. The Morgan fingerprint density at radius 3 is 2.36 bits per heavy atom. The number of carbonyl (C=O) groups excluding carboxylic acids is 1. The zero-order valence-corrected chi connectivity index (χ0v) is 15.0. The highest BCUT2D eigenvalue weighted by Gasteiger charge is 2.43. The molecule has 144 valence electrons. The van der Waals surface area contributed by atoms with E-state index in [1.165, 1.54) is 12.1 Å². The van der Waals surface area contributed by atoms with Crippen LogP contribution in [0.25, 0.3) is 10.4 Å². The molecule has 9 heteroatoms. The van der Waals surface area contributed by atoms with Crippen LogP contribution < -0.4 is 14.8 Å². The number of hydrogen-bond donors (Lipinski definition) is 1. The predicted octanol–water partition coefficient (Wildman–Crippen LogP) is 5.58. The van der Waals surface area contributed by atoms with Gasteiger partial charge in [-0.15, -0.1) is 20.1 Å². The van der Waals surface area contributed by atoms with Crippen LogP contribution in [0, 0.1) is 18.6 Å². The molecule has 0 spiro atoms. The van der Waals surface area contributed by atoms with Crippen LogP contribution in [0.3, 0.4) is 0 Å². The maximum absolute atomic E-state index is 13.7. The van der Waals surface area contributed by atoms with E-state index in [0.717, 1.165) is 29.5 Å². The van der Waals surface area contributed by atoms with E-state index in [1.54, 1.807) is 19.1 Å². The lowest BCUT2D eigenvalue weighted by Crippen LogP contribution is -2.25. The average molecular weight is 409 g/mol. The number of alkyl halides is 2. The highest BCUT2D eigenvalue weighted by Crippen LogP contribution is 2.45. The molecule has 0 saturated carbocycles. The molecule has 0 aliphatic carbocycles. The van der Waals surface area contributed by atoms with Gasteiger partial charge in [0.1, 0.15) is 17.2 Å². The molecule has 0 atom stereocenters. The number of carbonyl (C=O) groups is 1. The first-order valence-electron chi connectivity index (χ1n) is 7.99. The van der Waals surface area contributed by atoms with Crippen LogP contribution >= 0.6 is 11.3 Å². The maximum atomic E-state index is 13.7. The summed E-state index contributed by atoms with van der Waals surface area (Å²) in [4.78, 5) is 12.8. The van der Waals surface area contributed by atoms with Gasteiger partial charge in [0, 0.05) is 4.88 Å². The van der Waals surface area contributed by atoms with Crippen LogP contribution in [0.1, 0.15) is 15.9 Å². The van der Waals surface area contributed by atoms with Crippen molar-refractivity contribution in [1.82, 2.24) is 0 Å². The molecule has 1 aliphatic rings. The number of fused-ring (bicyclic) bond motifs is 1. The lowest BCUT2D eigenvalue weighted by molar-refractivity contribution is -0.286. The van der Waals surface area contributed by atoms with Crippen molar-refractivity contribution < 1.29 is 31.8 Å². The number of anilines is 1. The number of hydrogen-bond acceptors (Lipinski definition) is 4. The first-order valence-corrected chi connectivity index (χ1v) is 8.81. The second-order valence-electron chi connectivity index (χ2n) is 6.00. The highest BCUT2D eigenvalue weighted by molar-refractivity contribution is 7.19. The van der Waals surface area contributed by atoms with E-state index in [1.807, 2.05) is 0 Å². The normalized spacial score (nSPS) is 14.2. The molecule has 3 aromatic rings. The smallest absolute Gasteiger partial charge is 0.395 e. The molecule has 4 rings (SSSR count). The van der Waals surface area contributed by atoms with Gasteiger partial charge in [-0.3, -0.25) is 4.79 Å². The molecule has 0 radical (unpaired) electrons. The summed E-state index contributed by atoms with van der Waals surface area (Å²) < 4.78 is 62.8. The Bertz CT molecular complexity index is 1080. The molecule has 1 aromatic heterocycles. The second kappa shape index (κ2) is 6.52. The average Bonchev–Trinajstić information content (AvgIpc) is 3.16. The third-order valence-electron chi connectivity index (χ3n) is 4.05. The Kier molecular flexibility index (Phi) is 4.26. The number of benzene rings is 2. The van der Waals surface area contributed by atoms with E-state index >= 15 is 0 Å². The van der Waals surface area contributed by atoms with E-state index < -0.39 is 29.4 Å². The second-order valence-corrected chi connectivity index (χ2v) is 7.08. The van der Waals surface area contributed by atoms with Crippen LogP contribution in [0.2, 0.25) is 0 Å². The predicted molar refractivity (Wildman–Crippen MR) is 95.0 cm³/mol. The fourth-order valence-corrected chi connectivity index (χ4v) is 3.79. The van der Waals surface area contributed by atoms with Gasteiger partial charge in [0.15, 0.2) is 11.5 Å². The summed E-state index contributed by atoms with van der Waals surface area (Å²) in [6, 6.07) is 9.19. The molecular formula is C19H11F4NO3S. The van der Waals surface area contributed by atoms with Gasteiger partial charge in [-0.1, -0.05) is 6.07 Å². The van der Waals surface area contributed by atoms with Gasteiger partial charge in [-0.2, -0.15) is 0 Å². The van der Waals surface area contributed by atoms with E-state index in [0.29, 0.717) is 21.0 Å². The van der Waals surface area contributed by atoms with Crippen LogP contribution in [-0.2, 0) is 0 Å². The maximum Gasteiger partial charge on any atom is 0.586 e. The fraction of sp³-hybridized carbons (Fsp3) is 0.105. The van der Waals surface area contributed by atoms with E-state index in [2.05, 4.69) is 14.8 Å². The minimum atomic E-state index is -3.72. The number of rotatable bonds is 3. The van der Waals surface area contributed by atoms with Crippen LogP contribution in [0.5, 0.6) is 11.5 Å². The number of thiophene rings is 1. The van der Waals surface area contributed by atoms with Crippen molar-refractivity contribution in [3.8, 4) is 21.9 Å². The van der Waals surface area contributed by atoms with E-state index in [9.17, 15) is 22.4 Å². The van der Waals surface area contributed by atoms with Crippen molar-refractivity contribution in [2.75, 3.05) is 5.32 Å². The van der Waals surface area contributed by atoms with Gasteiger partial charge >= 0.3 is 6.29 Å². The number of ether oxygens (including phenoxy) is 2. The molecular weight excluding hydrogens is 398 g/mol.